The minimum atomic E-state index is -0.811. The maximum absolute atomic E-state index is 12.7. The van der Waals surface area contributed by atoms with E-state index >= 15 is 0 Å². The molecular weight excluding hydrogens is 529 g/mol. The molecule has 6 nitrogen and oxygen atoms in total. The fourth-order valence-electron chi connectivity index (χ4n) is 3.08. The van der Waals surface area contributed by atoms with Crippen molar-refractivity contribution in [3.8, 4) is 17.1 Å². The summed E-state index contributed by atoms with van der Waals surface area (Å²) >= 11 is 15.5. The van der Waals surface area contributed by atoms with Gasteiger partial charge in [0.25, 0.3) is 5.82 Å². The highest BCUT2D eigenvalue weighted by atomic mass is 79.9. The van der Waals surface area contributed by atoms with Gasteiger partial charge in [-0.05, 0) is 61.0 Å². The summed E-state index contributed by atoms with van der Waals surface area (Å²) in [6.45, 7) is 1.46. The predicted octanol–water partition coefficient (Wildman–Crippen LogP) is 6.35. The number of carbonyl (C=O) groups is 2. The van der Waals surface area contributed by atoms with E-state index in [1.54, 1.807) is 41.1 Å². The summed E-state index contributed by atoms with van der Waals surface area (Å²) in [7, 11) is 0. The number of esters is 1. The van der Waals surface area contributed by atoms with Crippen LogP contribution in [0.25, 0.3) is 17.1 Å². The topological polar surface area (TPSA) is 74.1 Å². The Morgan fingerprint density at radius 1 is 0.970 bits per heavy atom. The van der Waals surface area contributed by atoms with Gasteiger partial charge < -0.3 is 4.74 Å². The number of carbonyl (C=O) groups excluding carboxylic acids is 2. The molecule has 0 saturated heterocycles. The van der Waals surface area contributed by atoms with Crippen molar-refractivity contribution in [1.82, 2.24) is 14.8 Å². The molecule has 0 spiro atoms. The highest BCUT2D eigenvalue weighted by Crippen LogP contribution is 2.26. The van der Waals surface area contributed by atoms with Gasteiger partial charge >= 0.3 is 5.97 Å². The number of aryl methyl sites for hydroxylation is 1. The molecule has 0 unspecified atom stereocenters. The summed E-state index contributed by atoms with van der Waals surface area (Å²) in [5.74, 6) is -0.910. The van der Waals surface area contributed by atoms with Gasteiger partial charge in [0, 0.05) is 25.6 Å². The molecule has 1 heterocycles. The molecule has 0 N–H and O–H groups in total. The van der Waals surface area contributed by atoms with Crippen LogP contribution in [0.15, 0.2) is 71.2 Å². The monoisotopic (exact) mass is 543 g/mol. The van der Waals surface area contributed by atoms with Crippen LogP contribution < -0.4 is 0 Å². The van der Waals surface area contributed by atoms with Crippen molar-refractivity contribution in [3.63, 3.8) is 0 Å². The van der Waals surface area contributed by atoms with E-state index in [-0.39, 0.29) is 11.6 Å². The van der Waals surface area contributed by atoms with Crippen molar-refractivity contribution in [3.05, 3.63) is 98.2 Å². The zero-order chi connectivity index (χ0) is 23.5. The first-order valence-corrected chi connectivity index (χ1v) is 11.3. The average molecular weight is 545 g/mol. The molecule has 33 heavy (non-hydrogen) atoms. The van der Waals surface area contributed by atoms with Crippen LogP contribution in [0.1, 0.15) is 26.5 Å². The SMILES string of the molecule is Cc1ccc(Cl)cc1-n1nc(C(=O)OCC(=O)c2ccc(Cl)cc2)nc1-c1ccc(Br)cc1. The number of aromatic nitrogens is 3. The van der Waals surface area contributed by atoms with Crippen LogP contribution in [-0.4, -0.2) is 33.1 Å². The lowest BCUT2D eigenvalue weighted by Crippen LogP contribution is -2.15. The maximum Gasteiger partial charge on any atom is 0.378 e. The molecule has 0 radical (unpaired) electrons. The molecule has 4 aromatic rings. The van der Waals surface area contributed by atoms with Crippen molar-refractivity contribution < 1.29 is 14.3 Å². The predicted molar refractivity (Wildman–Crippen MR) is 130 cm³/mol. The van der Waals surface area contributed by atoms with Crippen molar-refractivity contribution in [2.45, 2.75) is 6.92 Å². The first kappa shape index (κ1) is 23.2. The lowest BCUT2D eigenvalue weighted by Gasteiger charge is -2.09. The van der Waals surface area contributed by atoms with E-state index in [1.807, 2.05) is 37.3 Å². The maximum atomic E-state index is 12.7. The number of Topliss-reactive ketones (excluding diaryl/α,β-unsaturated/α-hetero) is 1. The number of halogens is 3. The summed E-state index contributed by atoms with van der Waals surface area (Å²) < 4.78 is 7.64. The standard InChI is InChI=1S/C24H16BrCl2N3O3/c1-14-2-9-19(27)12-20(14)30-23(16-3-7-17(25)8-4-16)28-22(29-30)24(32)33-13-21(31)15-5-10-18(26)11-6-15/h2-12H,13H2,1H3. The third kappa shape index (κ3) is 5.33. The third-order valence-corrected chi connectivity index (χ3v) is 5.81. The fourth-order valence-corrected chi connectivity index (χ4v) is 3.63. The number of hydrogen-bond donors (Lipinski definition) is 0. The molecule has 0 fully saturated rings. The normalized spacial score (nSPS) is 10.8. The zero-order valence-electron chi connectivity index (χ0n) is 17.3. The zero-order valence-corrected chi connectivity index (χ0v) is 20.4. The Morgan fingerprint density at radius 3 is 2.33 bits per heavy atom. The van der Waals surface area contributed by atoms with Crippen molar-refractivity contribution in [2.75, 3.05) is 6.61 Å². The van der Waals surface area contributed by atoms with E-state index in [9.17, 15) is 9.59 Å². The summed E-state index contributed by atoms with van der Waals surface area (Å²) in [6.07, 6.45) is 0. The molecule has 0 saturated carbocycles. The second-order valence-corrected chi connectivity index (χ2v) is 8.90. The Morgan fingerprint density at radius 2 is 1.64 bits per heavy atom. The molecule has 0 aliphatic rings. The summed E-state index contributed by atoms with van der Waals surface area (Å²) in [5.41, 5.74) is 2.68. The summed E-state index contributed by atoms with van der Waals surface area (Å²) in [5, 5.41) is 5.40. The van der Waals surface area contributed by atoms with Gasteiger partial charge in [0.15, 0.2) is 18.2 Å². The Bertz CT molecular complexity index is 1340. The number of benzene rings is 3. The van der Waals surface area contributed by atoms with Gasteiger partial charge in [-0.2, -0.15) is 0 Å². The Kier molecular flexibility index (Phi) is 6.93. The van der Waals surface area contributed by atoms with E-state index in [1.165, 1.54) is 0 Å². The summed E-state index contributed by atoms with van der Waals surface area (Å²) in [6, 6.07) is 19.1. The number of ether oxygens (including phenoxy) is 1. The smallest absolute Gasteiger partial charge is 0.378 e. The molecule has 0 aliphatic heterocycles. The van der Waals surface area contributed by atoms with Crippen LogP contribution in [0.4, 0.5) is 0 Å². The molecule has 3 aromatic carbocycles. The second kappa shape index (κ2) is 9.87. The third-order valence-electron chi connectivity index (χ3n) is 4.79. The highest BCUT2D eigenvalue weighted by Gasteiger charge is 2.22. The van der Waals surface area contributed by atoms with Gasteiger partial charge in [0.1, 0.15) is 0 Å². The molecule has 166 valence electrons. The van der Waals surface area contributed by atoms with Crippen LogP contribution in [0.2, 0.25) is 10.0 Å². The Labute approximate surface area is 208 Å². The molecule has 9 heteroatoms. The van der Waals surface area contributed by atoms with Crippen molar-refractivity contribution in [2.24, 2.45) is 0 Å². The fraction of sp³-hybridized carbons (Fsp3) is 0.0833. The quantitative estimate of drug-likeness (QED) is 0.209. The van der Waals surface area contributed by atoms with Crippen LogP contribution in [0.5, 0.6) is 0 Å². The lowest BCUT2D eigenvalue weighted by molar-refractivity contribution is 0.0462. The van der Waals surface area contributed by atoms with Gasteiger partial charge in [-0.1, -0.05) is 57.3 Å². The molecule has 1 aromatic heterocycles. The van der Waals surface area contributed by atoms with Gasteiger partial charge in [0.2, 0.25) is 0 Å². The number of hydrogen-bond acceptors (Lipinski definition) is 5. The molecule has 4 rings (SSSR count). The second-order valence-electron chi connectivity index (χ2n) is 7.11. The van der Waals surface area contributed by atoms with E-state index < -0.39 is 12.6 Å². The van der Waals surface area contributed by atoms with E-state index in [0.717, 1.165) is 15.6 Å². The average Bonchev–Trinajstić information content (AvgIpc) is 3.25. The largest absolute Gasteiger partial charge is 0.451 e. The number of nitrogens with zero attached hydrogens (tertiary/aromatic N) is 3. The van der Waals surface area contributed by atoms with Crippen LogP contribution in [0, 0.1) is 6.92 Å². The van der Waals surface area contributed by atoms with Crippen molar-refractivity contribution in [1.29, 1.82) is 0 Å². The Balaban J connectivity index is 1.65. The molecule has 0 atom stereocenters. The first-order chi connectivity index (χ1) is 15.8. The van der Waals surface area contributed by atoms with Crippen LogP contribution in [0.3, 0.4) is 0 Å². The molecule has 0 bridgehead atoms. The van der Waals surface area contributed by atoms with Gasteiger partial charge in [-0.3, -0.25) is 4.79 Å². The number of rotatable bonds is 6. The molecule has 0 amide bonds. The minimum absolute atomic E-state index is 0.170. The first-order valence-electron chi connectivity index (χ1n) is 9.77. The van der Waals surface area contributed by atoms with Crippen LogP contribution >= 0.6 is 39.1 Å². The Hall–Kier alpha value is -3.00. The van der Waals surface area contributed by atoms with Crippen molar-refractivity contribution >= 4 is 50.9 Å². The van der Waals surface area contributed by atoms with Gasteiger partial charge in [0.05, 0.1) is 5.69 Å². The highest BCUT2D eigenvalue weighted by molar-refractivity contribution is 9.10. The lowest BCUT2D eigenvalue weighted by atomic mass is 10.1. The van der Waals surface area contributed by atoms with Crippen LogP contribution in [-0.2, 0) is 4.74 Å². The van der Waals surface area contributed by atoms with E-state index in [4.69, 9.17) is 27.9 Å². The van der Waals surface area contributed by atoms with E-state index in [0.29, 0.717) is 27.1 Å². The molecule has 0 aliphatic carbocycles. The van der Waals surface area contributed by atoms with E-state index in [2.05, 4.69) is 26.0 Å². The summed E-state index contributed by atoms with van der Waals surface area (Å²) in [4.78, 5) is 29.4. The molecular formula is C24H16BrCl2N3O3. The minimum Gasteiger partial charge on any atom is -0.451 e. The van der Waals surface area contributed by atoms with Gasteiger partial charge in [-0.15, -0.1) is 5.10 Å². The number of ketones is 1. The van der Waals surface area contributed by atoms with Gasteiger partial charge in [-0.25, -0.2) is 14.5 Å².